The monoisotopic (exact) mass is 207 g/mol. The molecule has 1 atom stereocenters. The lowest BCUT2D eigenvalue weighted by molar-refractivity contribution is 0.255. The van der Waals surface area contributed by atoms with Gasteiger partial charge < -0.3 is 15.1 Å². The van der Waals surface area contributed by atoms with Gasteiger partial charge in [0.05, 0.1) is 30.9 Å². The van der Waals surface area contributed by atoms with Crippen molar-refractivity contribution in [2.45, 2.75) is 0 Å². The summed E-state index contributed by atoms with van der Waals surface area (Å²) < 4.78 is 10.5. The zero-order valence-electron chi connectivity index (χ0n) is 7.23. The highest BCUT2D eigenvalue weighted by atomic mass is 31.1. The zero-order chi connectivity index (χ0) is 10.4. The Bertz CT molecular complexity index is 190. The molecule has 0 aromatic carbocycles. The summed E-state index contributed by atoms with van der Waals surface area (Å²) >= 11 is 0. The van der Waals surface area contributed by atoms with Gasteiger partial charge in [-0.25, -0.2) is 0 Å². The van der Waals surface area contributed by atoms with Gasteiger partial charge in [0.2, 0.25) is 8.03 Å². The highest BCUT2D eigenvalue weighted by Gasteiger charge is 2.09. The van der Waals surface area contributed by atoms with E-state index in [4.69, 9.17) is 15.1 Å². The van der Waals surface area contributed by atoms with Gasteiger partial charge >= 0.3 is 0 Å². The molecular weight excluding hydrogens is 193 g/mol. The summed E-state index contributed by atoms with van der Waals surface area (Å²) in [4.78, 5) is 10.0. The minimum Gasteiger partial charge on any atom is -0.512 e. The third-order valence-corrected chi connectivity index (χ3v) is 1.89. The van der Waals surface area contributed by atoms with E-state index >= 15 is 0 Å². The summed E-state index contributed by atoms with van der Waals surface area (Å²) in [5, 5.41) is 17.7. The highest BCUT2D eigenvalue weighted by Crippen LogP contribution is 2.15. The van der Waals surface area contributed by atoms with Crippen molar-refractivity contribution in [1.29, 1.82) is 0 Å². The van der Waals surface area contributed by atoms with Crippen molar-refractivity contribution < 1.29 is 19.7 Å². The summed E-state index contributed by atoms with van der Waals surface area (Å²) in [7, 11) is -2.65. The molecule has 0 aromatic heterocycles. The molecule has 1 unspecified atom stereocenters. The quantitative estimate of drug-likeness (QED) is 0.444. The minimum absolute atomic E-state index is 0.0521. The van der Waals surface area contributed by atoms with Crippen molar-refractivity contribution >= 4 is 8.03 Å². The molecule has 76 valence electrons. The van der Waals surface area contributed by atoms with Crippen LogP contribution in [0.5, 0.6) is 0 Å². The number of nitrogens with zero attached hydrogens (tertiary/aromatic N) is 1. The Hall–Kier alpha value is -0.770. The number of aliphatic hydroxyl groups excluding tert-OH is 2. The van der Waals surface area contributed by atoms with Gasteiger partial charge in [-0.3, -0.25) is 9.46 Å². The average molecular weight is 207 g/mol. The minimum atomic E-state index is -2.65. The first kappa shape index (κ1) is 12.2. The van der Waals surface area contributed by atoms with E-state index in [1.54, 1.807) is 0 Å². The van der Waals surface area contributed by atoms with Crippen LogP contribution in [0.15, 0.2) is 24.7 Å². The van der Waals surface area contributed by atoms with E-state index in [0.717, 1.165) is 0 Å². The predicted octanol–water partition coefficient (Wildman–Crippen LogP) is 0.856. The van der Waals surface area contributed by atoms with Gasteiger partial charge in [-0.05, 0) is 0 Å². The molecule has 13 heavy (non-hydrogen) atoms. The molecule has 0 saturated heterocycles. The number of hydrogen-bond donors (Lipinski definition) is 3. The van der Waals surface area contributed by atoms with Gasteiger partial charge in [-0.15, -0.1) is 0 Å². The third-order valence-electron chi connectivity index (χ3n) is 1.17. The van der Waals surface area contributed by atoms with Crippen LogP contribution < -0.4 is 0 Å². The molecule has 0 radical (unpaired) electrons. The number of hydrogen-bond acceptors (Lipinski definition) is 4. The Kier molecular flexibility index (Phi) is 5.46. The largest absolute Gasteiger partial charge is 0.512 e. The molecule has 5 nitrogen and oxygen atoms in total. The topological polar surface area (TPSA) is 81.0 Å². The average Bonchev–Trinajstić information content (AvgIpc) is 1.80. The first-order valence-electron chi connectivity index (χ1n) is 3.59. The van der Waals surface area contributed by atoms with E-state index < -0.39 is 8.03 Å². The Balaban J connectivity index is 4.10. The lowest BCUT2D eigenvalue weighted by atomic mass is 10.4. The Labute approximate surface area is 77.5 Å². The standard InChI is InChI=1S/C7H14NO4P/c1-6(9)3-8(4-7(2)10)5-13(11)12/h9-10,13H,1-5H2,(H,11,12). The lowest BCUT2D eigenvalue weighted by Crippen LogP contribution is -2.27. The summed E-state index contributed by atoms with van der Waals surface area (Å²) in [5.74, 6) is -0.242. The van der Waals surface area contributed by atoms with Gasteiger partial charge in [-0.2, -0.15) is 0 Å². The molecule has 6 heteroatoms. The summed E-state index contributed by atoms with van der Waals surface area (Å²) in [6, 6.07) is 0. The van der Waals surface area contributed by atoms with E-state index in [-0.39, 0.29) is 30.9 Å². The Morgan fingerprint density at radius 3 is 1.85 bits per heavy atom. The third kappa shape index (κ3) is 7.59. The second-order valence-corrected chi connectivity index (χ2v) is 3.78. The maximum Gasteiger partial charge on any atom is 0.202 e. The van der Waals surface area contributed by atoms with Crippen LogP contribution in [-0.4, -0.2) is 39.4 Å². The lowest BCUT2D eigenvalue weighted by Gasteiger charge is -2.18. The summed E-state index contributed by atoms with van der Waals surface area (Å²) in [6.07, 6.45) is -0.0934. The van der Waals surface area contributed by atoms with Crippen molar-refractivity contribution in [3.05, 3.63) is 24.7 Å². The molecule has 0 bridgehead atoms. The molecule has 0 amide bonds. The van der Waals surface area contributed by atoms with E-state index in [9.17, 15) is 4.57 Å². The van der Waals surface area contributed by atoms with E-state index in [0.29, 0.717) is 0 Å². The fourth-order valence-electron chi connectivity index (χ4n) is 0.875. The molecule has 0 aromatic rings. The molecule has 0 aliphatic carbocycles. The SMILES string of the molecule is C=C(O)CN(CC(=C)O)C[PH](=O)O. The van der Waals surface area contributed by atoms with Crippen molar-refractivity contribution in [3.8, 4) is 0 Å². The van der Waals surface area contributed by atoms with Crippen LogP contribution in [-0.2, 0) is 4.57 Å². The fraction of sp³-hybridized carbons (Fsp3) is 0.429. The Morgan fingerprint density at radius 1 is 1.23 bits per heavy atom. The molecule has 0 saturated carbocycles. The molecule has 0 spiro atoms. The maximum atomic E-state index is 10.5. The normalized spacial score (nSPS) is 12.8. The van der Waals surface area contributed by atoms with Crippen LogP contribution in [0.1, 0.15) is 0 Å². The van der Waals surface area contributed by atoms with Gasteiger partial charge in [0.1, 0.15) is 0 Å². The number of aliphatic hydroxyl groups is 2. The fourth-order valence-corrected chi connectivity index (χ4v) is 1.48. The molecule has 0 aliphatic rings. The molecule has 0 rings (SSSR count). The number of rotatable bonds is 6. The van der Waals surface area contributed by atoms with Crippen LogP contribution in [0, 0.1) is 0 Å². The molecule has 0 fully saturated rings. The Morgan fingerprint density at radius 2 is 1.62 bits per heavy atom. The van der Waals surface area contributed by atoms with E-state index in [1.807, 2.05) is 0 Å². The van der Waals surface area contributed by atoms with Crippen molar-refractivity contribution in [3.63, 3.8) is 0 Å². The summed E-state index contributed by atoms with van der Waals surface area (Å²) in [5.41, 5.74) is 0. The second-order valence-electron chi connectivity index (χ2n) is 2.67. The van der Waals surface area contributed by atoms with Crippen LogP contribution in [0.4, 0.5) is 0 Å². The highest BCUT2D eigenvalue weighted by molar-refractivity contribution is 7.37. The van der Waals surface area contributed by atoms with Gasteiger partial charge in [0.25, 0.3) is 0 Å². The van der Waals surface area contributed by atoms with Crippen LogP contribution in [0.2, 0.25) is 0 Å². The van der Waals surface area contributed by atoms with Gasteiger partial charge in [0, 0.05) is 0 Å². The molecule has 0 heterocycles. The zero-order valence-corrected chi connectivity index (χ0v) is 8.23. The van der Waals surface area contributed by atoms with Crippen molar-refractivity contribution in [2.75, 3.05) is 19.4 Å². The van der Waals surface area contributed by atoms with Gasteiger partial charge in [-0.1, -0.05) is 13.2 Å². The smallest absolute Gasteiger partial charge is 0.202 e. The van der Waals surface area contributed by atoms with E-state index in [2.05, 4.69) is 13.2 Å². The molecule has 0 aliphatic heterocycles. The van der Waals surface area contributed by atoms with Crippen molar-refractivity contribution in [2.24, 2.45) is 0 Å². The maximum absolute atomic E-state index is 10.5. The molecule has 3 N–H and O–H groups in total. The van der Waals surface area contributed by atoms with E-state index in [1.165, 1.54) is 4.90 Å². The van der Waals surface area contributed by atoms with Crippen LogP contribution in [0.25, 0.3) is 0 Å². The first-order chi connectivity index (χ1) is 5.91. The van der Waals surface area contributed by atoms with Crippen molar-refractivity contribution in [1.82, 2.24) is 4.90 Å². The van der Waals surface area contributed by atoms with Crippen LogP contribution >= 0.6 is 8.03 Å². The molecular formula is C7H14NO4P. The summed E-state index contributed by atoms with van der Waals surface area (Å²) in [6.45, 7) is 6.58. The first-order valence-corrected chi connectivity index (χ1v) is 5.15. The van der Waals surface area contributed by atoms with Crippen LogP contribution in [0.3, 0.4) is 0 Å². The second kappa shape index (κ2) is 5.80. The van der Waals surface area contributed by atoms with Gasteiger partial charge in [0.15, 0.2) is 0 Å². The predicted molar refractivity (Wildman–Crippen MR) is 51.2 cm³/mol.